The monoisotopic (exact) mass is 232 g/mol. The van der Waals surface area contributed by atoms with Crippen LogP contribution in [0.4, 0.5) is 0 Å². The van der Waals surface area contributed by atoms with Crippen LogP contribution in [0.15, 0.2) is 23.3 Å². The molecule has 0 spiro atoms. The normalized spacial score (nSPS) is 32.7. The molecule has 2 aliphatic carbocycles. The van der Waals surface area contributed by atoms with Crippen LogP contribution in [-0.2, 0) is 9.53 Å². The van der Waals surface area contributed by atoms with E-state index in [0.717, 1.165) is 25.0 Å². The number of carbonyl (C=O) groups excluding carboxylic acids is 1. The topological polar surface area (TPSA) is 26.3 Å². The Labute approximate surface area is 103 Å². The van der Waals surface area contributed by atoms with Crippen molar-refractivity contribution in [1.82, 2.24) is 0 Å². The average Bonchev–Trinajstić information content (AvgIpc) is 2.68. The van der Waals surface area contributed by atoms with Crippen LogP contribution >= 0.6 is 0 Å². The molecule has 1 unspecified atom stereocenters. The van der Waals surface area contributed by atoms with E-state index in [4.69, 9.17) is 4.74 Å². The van der Waals surface area contributed by atoms with Gasteiger partial charge in [0, 0.05) is 12.2 Å². The zero-order chi connectivity index (χ0) is 11.7. The van der Waals surface area contributed by atoms with E-state index in [1.54, 1.807) is 0 Å². The number of fused-ring (bicyclic) bond motifs is 1. The average molecular weight is 232 g/mol. The third-order valence-electron chi connectivity index (χ3n) is 4.18. The summed E-state index contributed by atoms with van der Waals surface area (Å²) in [6.45, 7) is 0.803. The molecule has 1 saturated carbocycles. The van der Waals surface area contributed by atoms with Gasteiger partial charge in [0.1, 0.15) is 6.10 Å². The highest BCUT2D eigenvalue weighted by atomic mass is 16.5. The number of hydrogen-bond donors (Lipinski definition) is 0. The van der Waals surface area contributed by atoms with Gasteiger partial charge in [-0.15, -0.1) is 0 Å². The lowest BCUT2D eigenvalue weighted by molar-refractivity contribution is -0.111. The molecule has 3 aliphatic rings. The number of ether oxygens (including phenoxy) is 1. The van der Waals surface area contributed by atoms with Crippen LogP contribution in [0.5, 0.6) is 0 Å². The zero-order valence-corrected chi connectivity index (χ0v) is 10.3. The Bertz CT molecular complexity index is 372. The maximum Gasteiger partial charge on any atom is 0.184 e. The van der Waals surface area contributed by atoms with Crippen LogP contribution < -0.4 is 0 Å². The molecular formula is C15H20O2. The first-order valence-electron chi connectivity index (χ1n) is 6.93. The van der Waals surface area contributed by atoms with Crippen LogP contribution in [0.2, 0.25) is 0 Å². The fourth-order valence-corrected chi connectivity index (χ4v) is 3.26. The minimum Gasteiger partial charge on any atom is -0.369 e. The summed E-state index contributed by atoms with van der Waals surface area (Å²) in [5.41, 5.74) is 2.15. The van der Waals surface area contributed by atoms with Crippen molar-refractivity contribution in [2.45, 2.75) is 51.0 Å². The fraction of sp³-hybridized carbons (Fsp3) is 0.667. The summed E-state index contributed by atoms with van der Waals surface area (Å²) in [4.78, 5) is 12.0. The molecular weight excluding hydrogens is 212 g/mol. The molecule has 17 heavy (non-hydrogen) atoms. The quantitative estimate of drug-likeness (QED) is 0.649. The number of hydrogen-bond acceptors (Lipinski definition) is 2. The third kappa shape index (κ3) is 2.23. The van der Waals surface area contributed by atoms with Gasteiger partial charge in [-0.25, -0.2) is 0 Å². The highest BCUT2D eigenvalue weighted by molar-refractivity contribution is 6.09. The van der Waals surface area contributed by atoms with Crippen LogP contribution in [-0.4, -0.2) is 18.5 Å². The van der Waals surface area contributed by atoms with Gasteiger partial charge in [-0.1, -0.05) is 25.3 Å². The van der Waals surface area contributed by atoms with Crippen molar-refractivity contribution in [2.75, 3.05) is 6.61 Å². The highest BCUT2D eigenvalue weighted by Crippen LogP contribution is 2.34. The highest BCUT2D eigenvalue weighted by Gasteiger charge is 2.33. The van der Waals surface area contributed by atoms with Crippen LogP contribution in [0, 0.1) is 5.92 Å². The first kappa shape index (κ1) is 11.2. The summed E-state index contributed by atoms with van der Waals surface area (Å²) in [5.74, 6) is 0.818. The lowest BCUT2D eigenvalue weighted by Crippen LogP contribution is -2.22. The molecule has 1 aliphatic heterocycles. The molecule has 1 atom stereocenters. The molecule has 0 bridgehead atoms. The van der Waals surface area contributed by atoms with E-state index in [1.165, 1.54) is 37.7 Å². The Kier molecular flexibility index (Phi) is 3.15. The second kappa shape index (κ2) is 4.77. The number of ketones is 1. The second-order valence-corrected chi connectivity index (χ2v) is 5.46. The molecule has 0 aromatic carbocycles. The Morgan fingerprint density at radius 1 is 1.18 bits per heavy atom. The van der Waals surface area contributed by atoms with Gasteiger partial charge in [0.2, 0.25) is 0 Å². The maximum absolute atomic E-state index is 12.0. The van der Waals surface area contributed by atoms with E-state index in [2.05, 4.69) is 6.08 Å². The molecule has 2 nitrogen and oxygen atoms in total. The van der Waals surface area contributed by atoms with Gasteiger partial charge in [0.05, 0.1) is 0 Å². The molecule has 0 aromatic heterocycles. The number of carbonyl (C=O) groups is 1. The van der Waals surface area contributed by atoms with Crippen LogP contribution in [0.25, 0.3) is 0 Å². The van der Waals surface area contributed by atoms with Crippen LogP contribution in [0.3, 0.4) is 0 Å². The summed E-state index contributed by atoms with van der Waals surface area (Å²) in [6, 6.07) is 0. The van der Waals surface area contributed by atoms with Gasteiger partial charge < -0.3 is 4.74 Å². The predicted molar refractivity (Wildman–Crippen MR) is 66.7 cm³/mol. The molecule has 2 fully saturated rings. The lowest BCUT2D eigenvalue weighted by Gasteiger charge is -2.24. The zero-order valence-electron chi connectivity index (χ0n) is 10.3. The van der Waals surface area contributed by atoms with E-state index in [0.29, 0.717) is 5.92 Å². The molecule has 2 heteroatoms. The van der Waals surface area contributed by atoms with Crippen molar-refractivity contribution in [3.63, 3.8) is 0 Å². The molecule has 0 amide bonds. The first-order chi connectivity index (χ1) is 8.34. The number of allylic oxidation sites excluding steroid dienone is 2. The summed E-state index contributed by atoms with van der Waals surface area (Å²) < 4.78 is 5.77. The maximum atomic E-state index is 12.0. The summed E-state index contributed by atoms with van der Waals surface area (Å²) in [5, 5.41) is 0. The molecule has 1 saturated heterocycles. The third-order valence-corrected chi connectivity index (χ3v) is 4.18. The lowest BCUT2D eigenvalue weighted by atomic mass is 9.86. The van der Waals surface area contributed by atoms with Crippen LogP contribution in [0.1, 0.15) is 44.9 Å². The molecule has 0 radical (unpaired) electrons. The van der Waals surface area contributed by atoms with E-state index >= 15 is 0 Å². The predicted octanol–water partition coefficient (Wildman–Crippen LogP) is 3.18. The van der Waals surface area contributed by atoms with Gasteiger partial charge in [-0.3, -0.25) is 4.79 Å². The van der Waals surface area contributed by atoms with Crippen molar-refractivity contribution >= 4 is 5.78 Å². The second-order valence-electron chi connectivity index (χ2n) is 5.46. The van der Waals surface area contributed by atoms with Crippen molar-refractivity contribution in [2.24, 2.45) is 5.92 Å². The Morgan fingerprint density at radius 3 is 2.82 bits per heavy atom. The standard InChI is InChI=1S/C15H20O2/c16-14-10-12-7-4-8-17-15(12)13(14)9-11-5-2-1-3-6-11/h9-11,15H,1-8H2/b13-9+. The Morgan fingerprint density at radius 2 is 2.00 bits per heavy atom. The molecule has 3 rings (SSSR count). The van der Waals surface area contributed by atoms with Gasteiger partial charge in [0.15, 0.2) is 5.78 Å². The van der Waals surface area contributed by atoms with Gasteiger partial charge >= 0.3 is 0 Å². The van der Waals surface area contributed by atoms with Crippen molar-refractivity contribution in [3.8, 4) is 0 Å². The smallest absolute Gasteiger partial charge is 0.184 e. The Hall–Kier alpha value is -0.890. The van der Waals surface area contributed by atoms with Crippen molar-refractivity contribution in [3.05, 3.63) is 23.3 Å². The van der Waals surface area contributed by atoms with Gasteiger partial charge in [-0.05, 0) is 43.3 Å². The van der Waals surface area contributed by atoms with Crippen molar-refractivity contribution in [1.29, 1.82) is 0 Å². The van der Waals surface area contributed by atoms with E-state index < -0.39 is 0 Å². The summed E-state index contributed by atoms with van der Waals surface area (Å²) in [6.07, 6.45) is 12.6. The van der Waals surface area contributed by atoms with E-state index in [-0.39, 0.29) is 11.9 Å². The summed E-state index contributed by atoms with van der Waals surface area (Å²) >= 11 is 0. The number of rotatable bonds is 1. The minimum atomic E-state index is 0.0122. The van der Waals surface area contributed by atoms with Crippen molar-refractivity contribution < 1.29 is 9.53 Å². The Balaban J connectivity index is 1.78. The van der Waals surface area contributed by atoms with E-state index in [1.807, 2.05) is 6.08 Å². The SMILES string of the molecule is O=C1C=C2CCCOC2/C1=C/C1CCCCC1. The molecule has 92 valence electrons. The van der Waals surface area contributed by atoms with Gasteiger partial charge in [-0.2, -0.15) is 0 Å². The first-order valence-corrected chi connectivity index (χ1v) is 6.93. The molecule has 0 N–H and O–H groups in total. The summed E-state index contributed by atoms with van der Waals surface area (Å²) in [7, 11) is 0. The fourth-order valence-electron chi connectivity index (χ4n) is 3.26. The molecule has 0 aromatic rings. The van der Waals surface area contributed by atoms with Gasteiger partial charge in [0.25, 0.3) is 0 Å². The minimum absolute atomic E-state index is 0.0122. The molecule has 1 heterocycles. The largest absolute Gasteiger partial charge is 0.369 e. The van der Waals surface area contributed by atoms with E-state index in [9.17, 15) is 4.79 Å².